The lowest BCUT2D eigenvalue weighted by Gasteiger charge is -2.01. The van der Waals surface area contributed by atoms with Crippen LogP contribution < -0.4 is 0 Å². The van der Waals surface area contributed by atoms with Crippen LogP contribution in [0.5, 0.6) is 0 Å². The lowest BCUT2D eigenvalue weighted by molar-refractivity contribution is -0.400. The fraction of sp³-hybridized carbons (Fsp3) is 0.429. The van der Waals surface area contributed by atoms with Gasteiger partial charge in [-0.15, -0.1) is 0 Å². The van der Waals surface area contributed by atoms with E-state index in [1.165, 1.54) is 37.3 Å². The average molecular weight is 233 g/mol. The first-order valence-corrected chi connectivity index (χ1v) is 6.13. The first-order valence-electron chi connectivity index (χ1n) is 6.13. The van der Waals surface area contributed by atoms with Gasteiger partial charge in [-0.05, 0) is 24.0 Å². The van der Waals surface area contributed by atoms with E-state index in [0.29, 0.717) is 0 Å². The Bertz CT molecular complexity index is 368. The predicted octanol–water partition coefficient (Wildman–Crippen LogP) is 4.06. The normalized spacial score (nSPS) is 10.9. The number of aryl methyl sites for hydroxylation is 1. The van der Waals surface area contributed by atoms with E-state index in [2.05, 4.69) is 6.92 Å². The molecule has 0 unspecified atom stereocenters. The summed E-state index contributed by atoms with van der Waals surface area (Å²) in [6.45, 7) is 2.20. The summed E-state index contributed by atoms with van der Waals surface area (Å²) in [7, 11) is 0. The lowest BCUT2D eigenvalue weighted by atomic mass is 10.0. The van der Waals surface area contributed by atoms with Crippen molar-refractivity contribution in [3.8, 4) is 0 Å². The average Bonchev–Trinajstić information content (AvgIpc) is 2.33. The van der Waals surface area contributed by atoms with Gasteiger partial charge in [0.2, 0.25) is 6.20 Å². The quantitative estimate of drug-likeness (QED) is 0.405. The topological polar surface area (TPSA) is 43.1 Å². The fourth-order valence-corrected chi connectivity index (χ4v) is 1.70. The summed E-state index contributed by atoms with van der Waals surface area (Å²) in [5.41, 5.74) is 2.18. The van der Waals surface area contributed by atoms with Crippen LogP contribution in [0.2, 0.25) is 0 Å². The van der Waals surface area contributed by atoms with Crippen LogP contribution in [-0.4, -0.2) is 4.92 Å². The standard InChI is InChI=1S/C14H19NO2/c1-2-3-4-5-6-13-7-9-14(10-8-13)11-12-15(16)17/h7-12H,2-6H2,1H3/b12-11+. The summed E-state index contributed by atoms with van der Waals surface area (Å²) in [5, 5.41) is 10.2. The summed E-state index contributed by atoms with van der Waals surface area (Å²) in [5.74, 6) is 0. The summed E-state index contributed by atoms with van der Waals surface area (Å²) < 4.78 is 0. The summed E-state index contributed by atoms with van der Waals surface area (Å²) in [6, 6.07) is 7.95. The SMILES string of the molecule is CCCCCCc1ccc(/C=C/[N+](=O)[O-])cc1. The van der Waals surface area contributed by atoms with Gasteiger partial charge < -0.3 is 0 Å². The molecule has 3 nitrogen and oxygen atoms in total. The molecule has 0 N–H and O–H groups in total. The Morgan fingerprint density at radius 1 is 1.18 bits per heavy atom. The van der Waals surface area contributed by atoms with Gasteiger partial charge in [0.15, 0.2) is 0 Å². The molecule has 1 aromatic carbocycles. The zero-order chi connectivity index (χ0) is 12.5. The summed E-state index contributed by atoms with van der Waals surface area (Å²) in [6.07, 6.45) is 8.63. The van der Waals surface area contributed by atoms with E-state index in [9.17, 15) is 10.1 Å². The zero-order valence-electron chi connectivity index (χ0n) is 10.3. The molecule has 0 aliphatic carbocycles. The van der Waals surface area contributed by atoms with Crippen molar-refractivity contribution in [2.45, 2.75) is 39.0 Å². The van der Waals surface area contributed by atoms with Gasteiger partial charge in [0.05, 0.1) is 4.92 Å². The van der Waals surface area contributed by atoms with Gasteiger partial charge in [0, 0.05) is 6.08 Å². The molecule has 1 rings (SSSR count). The van der Waals surface area contributed by atoms with Gasteiger partial charge in [-0.2, -0.15) is 0 Å². The molecule has 0 radical (unpaired) electrons. The molecule has 0 atom stereocenters. The van der Waals surface area contributed by atoms with E-state index in [0.717, 1.165) is 18.2 Å². The van der Waals surface area contributed by atoms with Crippen molar-refractivity contribution in [3.63, 3.8) is 0 Å². The van der Waals surface area contributed by atoms with Crippen molar-refractivity contribution >= 4 is 6.08 Å². The molecule has 17 heavy (non-hydrogen) atoms. The highest BCUT2D eigenvalue weighted by Gasteiger charge is 1.95. The van der Waals surface area contributed by atoms with Crippen molar-refractivity contribution < 1.29 is 4.92 Å². The summed E-state index contributed by atoms with van der Waals surface area (Å²) >= 11 is 0. The van der Waals surface area contributed by atoms with E-state index in [1.54, 1.807) is 0 Å². The van der Waals surface area contributed by atoms with Crippen molar-refractivity contribution in [2.75, 3.05) is 0 Å². The van der Waals surface area contributed by atoms with Crippen LogP contribution in [0.1, 0.15) is 43.7 Å². The van der Waals surface area contributed by atoms with Crippen molar-refractivity contribution in [1.82, 2.24) is 0 Å². The Morgan fingerprint density at radius 2 is 1.88 bits per heavy atom. The van der Waals surface area contributed by atoms with E-state index < -0.39 is 4.92 Å². The second-order valence-electron chi connectivity index (χ2n) is 4.15. The third-order valence-corrected chi connectivity index (χ3v) is 2.69. The number of benzene rings is 1. The number of hydrogen-bond donors (Lipinski definition) is 0. The Morgan fingerprint density at radius 3 is 2.47 bits per heavy atom. The second kappa shape index (κ2) is 7.60. The number of unbranched alkanes of at least 4 members (excludes halogenated alkanes) is 3. The molecule has 0 aliphatic heterocycles. The number of rotatable bonds is 7. The fourth-order valence-electron chi connectivity index (χ4n) is 1.70. The van der Waals surface area contributed by atoms with Gasteiger partial charge >= 0.3 is 0 Å². The van der Waals surface area contributed by atoms with Crippen LogP contribution in [-0.2, 0) is 6.42 Å². The molecular formula is C14H19NO2. The van der Waals surface area contributed by atoms with Gasteiger partial charge in [0.25, 0.3) is 0 Å². The number of hydrogen-bond acceptors (Lipinski definition) is 2. The van der Waals surface area contributed by atoms with Crippen molar-refractivity contribution in [1.29, 1.82) is 0 Å². The highest BCUT2D eigenvalue weighted by molar-refractivity contribution is 5.48. The highest BCUT2D eigenvalue weighted by atomic mass is 16.6. The van der Waals surface area contributed by atoms with E-state index in [-0.39, 0.29) is 0 Å². The van der Waals surface area contributed by atoms with Gasteiger partial charge in [-0.25, -0.2) is 0 Å². The van der Waals surface area contributed by atoms with Gasteiger partial charge in [-0.1, -0.05) is 50.5 Å². The molecule has 92 valence electrons. The maximum absolute atomic E-state index is 10.2. The maximum Gasteiger partial charge on any atom is 0.235 e. The molecule has 0 saturated carbocycles. The minimum Gasteiger partial charge on any atom is -0.259 e. The van der Waals surface area contributed by atoms with Crippen LogP contribution in [0.25, 0.3) is 6.08 Å². The van der Waals surface area contributed by atoms with Crippen molar-refractivity contribution in [2.24, 2.45) is 0 Å². The van der Waals surface area contributed by atoms with Crippen LogP contribution in [0.4, 0.5) is 0 Å². The molecule has 0 amide bonds. The van der Waals surface area contributed by atoms with Crippen molar-refractivity contribution in [3.05, 3.63) is 51.7 Å². The Kier molecular flexibility index (Phi) is 6.00. The van der Waals surface area contributed by atoms with E-state index >= 15 is 0 Å². The third kappa shape index (κ3) is 5.85. The van der Waals surface area contributed by atoms with Crippen LogP contribution in [0.15, 0.2) is 30.5 Å². The zero-order valence-corrected chi connectivity index (χ0v) is 10.3. The first-order chi connectivity index (χ1) is 8.22. The molecule has 0 spiro atoms. The Labute approximate surface area is 102 Å². The smallest absolute Gasteiger partial charge is 0.235 e. The number of nitrogens with zero attached hydrogens (tertiary/aromatic N) is 1. The molecule has 0 aliphatic rings. The lowest BCUT2D eigenvalue weighted by Crippen LogP contribution is -1.86. The molecule has 3 heteroatoms. The van der Waals surface area contributed by atoms with Crippen LogP contribution in [0, 0.1) is 10.1 Å². The molecule has 0 bridgehead atoms. The third-order valence-electron chi connectivity index (χ3n) is 2.69. The molecule has 1 aromatic rings. The maximum atomic E-state index is 10.2. The molecule has 0 saturated heterocycles. The molecule has 0 aromatic heterocycles. The predicted molar refractivity (Wildman–Crippen MR) is 70.3 cm³/mol. The molecule has 0 fully saturated rings. The number of nitro groups is 1. The monoisotopic (exact) mass is 233 g/mol. The minimum absolute atomic E-state index is 0.446. The van der Waals surface area contributed by atoms with Gasteiger partial charge in [0.1, 0.15) is 0 Å². The van der Waals surface area contributed by atoms with Crippen LogP contribution in [0.3, 0.4) is 0 Å². The summed E-state index contributed by atoms with van der Waals surface area (Å²) in [4.78, 5) is 9.72. The molecular weight excluding hydrogens is 214 g/mol. The minimum atomic E-state index is -0.446. The molecule has 0 heterocycles. The largest absolute Gasteiger partial charge is 0.259 e. The van der Waals surface area contributed by atoms with E-state index in [4.69, 9.17) is 0 Å². The second-order valence-corrected chi connectivity index (χ2v) is 4.15. The van der Waals surface area contributed by atoms with Gasteiger partial charge in [-0.3, -0.25) is 10.1 Å². The first kappa shape index (κ1) is 13.4. The highest BCUT2D eigenvalue weighted by Crippen LogP contribution is 2.10. The van der Waals surface area contributed by atoms with E-state index in [1.807, 2.05) is 24.3 Å². The van der Waals surface area contributed by atoms with Crippen LogP contribution >= 0.6 is 0 Å². The Balaban J connectivity index is 2.42. The Hall–Kier alpha value is -1.64.